The summed E-state index contributed by atoms with van der Waals surface area (Å²) in [7, 11) is 0. The molecule has 2 bridgehead atoms. The minimum absolute atomic E-state index is 0.0283. The maximum Gasteiger partial charge on any atom is 0.108 e. The Kier molecular flexibility index (Phi) is 4.91. The standard InChI is InChI=1S/C16H28N4O/c1-12(16-9-13-3-5-14(16)6-4-13)17-7-2-8-20-10-15(11-21)18-19-20/h10,12-14,16-17,21H,2-9,11H2,1H3. The van der Waals surface area contributed by atoms with Crippen LogP contribution in [0, 0.1) is 17.8 Å². The first-order valence-electron chi connectivity index (χ1n) is 8.49. The topological polar surface area (TPSA) is 63.0 Å². The number of aliphatic hydroxyl groups is 1. The summed E-state index contributed by atoms with van der Waals surface area (Å²) < 4.78 is 1.82. The highest BCUT2D eigenvalue weighted by molar-refractivity contribution is 4.91. The molecule has 0 amide bonds. The first kappa shape index (κ1) is 15.0. The van der Waals surface area contributed by atoms with Crippen LogP contribution in [0.1, 0.15) is 51.1 Å². The van der Waals surface area contributed by atoms with Crippen LogP contribution in [0.25, 0.3) is 0 Å². The molecule has 3 aliphatic rings. The Morgan fingerprint density at radius 2 is 2.19 bits per heavy atom. The fourth-order valence-corrected chi connectivity index (χ4v) is 4.28. The van der Waals surface area contributed by atoms with Crippen LogP contribution in [0.15, 0.2) is 6.20 Å². The molecule has 3 saturated carbocycles. The van der Waals surface area contributed by atoms with Gasteiger partial charge in [0.15, 0.2) is 0 Å². The van der Waals surface area contributed by atoms with E-state index in [0.29, 0.717) is 11.7 Å². The quantitative estimate of drug-likeness (QED) is 0.754. The predicted octanol–water partition coefficient (Wildman–Crippen LogP) is 1.96. The van der Waals surface area contributed by atoms with E-state index in [1.165, 1.54) is 32.1 Å². The monoisotopic (exact) mass is 292 g/mol. The number of aromatic nitrogens is 3. The van der Waals surface area contributed by atoms with Crippen LogP contribution in [0.2, 0.25) is 0 Å². The zero-order valence-electron chi connectivity index (χ0n) is 13.0. The van der Waals surface area contributed by atoms with Gasteiger partial charge in [0, 0.05) is 12.6 Å². The summed E-state index contributed by atoms with van der Waals surface area (Å²) in [5.74, 6) is 2.88. The minimum Gasteiger partial charge on any atom is -0.390 e. The third-order valence-electron chi connectivity index (χ3n) is 5.52. The van der Waals surface area contributed by atoms with E-state index in [0.717, 1.165) is 37.3 Å². The van der Waals surface area contributed by atoms with Crippen molar-refractivity contribution in [2.45, 2.75) is 64.6 Å². The van der Waals surface area contributed by atoms with Crippen LogP contribution in [0.5, 0.6) is 0 Å². The molecule has 1 aromatic heterocycles. The fourth-order valence-electron chi connectivity index (χ4n) is 4.28. The molecule has 0 saturated heterocycles. The molecule has 0 radical (unpaired) electrons. The first-order valence-corrected chi connectivity index (χ1v) is 8.49. The van der Waals surface area contributed by atoms with Crippen molar-refractivity contribution < 1.29 is 5.11 Å². The van der Waals surface area contributed by atoms with Crippen LogP contribution in [0.4, 0.5) is 0 Å². The lowest BCUT2D eigenvalue weighted by molar-refractivity contribution is 0.0752. The highest BCUT2D eigenvalue weighted by Crippen LogP contribution is 2.46. The maximum absolute atomic E-state index is 8.96. The maximum atomic E-state index is 8.96. The number of aryl methyl sites for hydroxylation is 1. The summed E-state index contributed by atoms with van der Waals surface area (Å²) >= 11 is 0. The van der Waals surface area contributed by atoms with Crippen LogP contribution in [-0.2, 0) is 13.2 Å². The van der Waals surface area contributed by atoms with Crippen molar-refractivity contribution in [3.05, 3.63) is 11.9 Å². The highest BCUT2D eigenvalue weighted by atomic mass is 16.3. The number of hydrogen-bond donors (Lipinski definition) is 2. The molecule has 2 N–H and O–H groups in total. The van der Waals surface area contributed by atoms with E-state index in [1.54, 1.807) is 0 Å². The summed E-state index contributed by atoms with van der Waals surface area (Å²) in [5, 5.41) is 20.6. The number of nitrogens with one attached hydrogen (secondary N) is 1. The molecule has 2 atom stereocenters. The molecule has 5 heteroatoms. The van der Waals surface area contributed by atoms with Gasteiger partial charge >= 0.3 is 0 Å². The number of fused-ring (bicyclic) bond motifs is 3. The summed E-state index contributed by atoms with van der Waals surface area (Å²) in [6, 6.07) is 0.641. The van der Waals surface area contributed by atoms with Crippen LogP contribution in [-0.4, -0.2) is 32.7 Å². The van der Waals surface area contributed by atoms with Gasteiger partial charge in [-0.3, -0.25) is 4.68 Å². The zero-order chi connectivity index (χ0) is 14.7. The Labute approximate surface area is 127 Å². The average molecular weight is 292 g/mol. The molecule has 0 aromatic carbocycles. The van der Waals surface area contributed by atoms with Gasteiger partial charge in [-0.1, -0.05) is 18.1 Å². The van der Waals surface area contributed by atoms with E-state index in [2.05, 4.69) is 22.6 Å². The summed E-state index contributed by atoms with van der Waals surface area (Å²) in [6.07, 6.45) is 10.2. The molecule has 0 aliphatic heterocycles. The van der Waals surface area contributed by atoms with Crippen LogP contribution < -0.4 is 5.32 Å². The van der Waals surface area contributed by atoms with Crippen molar-refractivity contribution in [2.75, 3.05) is 6.54 Å². The van der Waals surface area contributed by atoms with Gasteiger partial charge in [-0.25, -0.2) is 0 Å². The van der Waals surface area contributed by atoms with Crippen molar-refractivity contribution in [3.63, 3.8) is 0 Å². The molecule has 3 fully saturated rings. The van der Waals surface area contributed by atoms with E-state index in [-0.39, 0.29) is 6.61 Å². The van der Waals surface area contributed by atoms with Gasteiger partial charge in [0.05, 0.1) is 12.8 Å². The van der Waals surface area contributed by atoms with Crippen molar-refractivity contribution in [1.29, 1.82) is 0 Å². The lowest BCUT2D eigenvalue weighted by Crippen LogP contribution is -2.43. The Morgan fingerprint density at radius 3 is 2.81 bits per heavy atom. The van der Waals surface area contributed by atoms with Gasteiger partial charge in [-0.05, 0) is 56.9 Å². The van der Waals surface area contributed by atoms with E-state index in [9.17, 15) is 0 Å². The smallest absolute Gasteiger partial charge is 0.108 e. The lowest BCUT2D eigenvalue weighted by Gasteiger charge is -2.45. The summed E-state index contributed by atoms with van der Waals surface area (Å²) in [4.78, 5) is 0. The normalized spacial score (nSPS) is 29.7. The molecule has 118 valence electrons. The number of aliphatic hydroxyl groups excluding tert-OH is 1. The molecule has 21 heavy (non-hydrogen) atoms. The summed E-state index contributed by atoms with van der Waals surface area (Å²) in [5.41, 5.74) is 0.648. The van der Waals surface area contributed by atoms with Gasteiger partial charge in [0.1, 0.15) is 5.69 Å². The molecule has 2 unspecified atom stereocenters. The third kappa shape index (κ3) is 3.64. The molecule has 1 aromatic rings. The summed E-state index contributed by atoms with van der Waals surface area (Å²) in [6.45, 7) is 4.23. The first-order chi connectivity index (χ1) is 10.3. The second kappa shape index (κ2) is 6.88. The van der Waals surface area contributed by atoms with E-state index in [1.807, 2.05) is 10.9 Å². The third-order valence-corrected chi connectivity index (χ3v) is 5.52. The molecule has 1 heterocycles. The van der Waals surface area contributed by atoms with E-state index < -0.39 is 0 Å². The van der Waals surface area contributed by atoms with E-state index >= 15 is 0 Å². The van der Waals surface area contributed by atoms with E-state index in [4.69, 9.17) is 5.11 Å². The number of hydrogen-bond acceptors (Lipinski definition) is 4. The predicted molar refractivity (Wildman–Crippen MR) is 81.6 cm³/mol. The van der Waals surface area contributed by atoms with Gasteiger partial charge in [-0.2, -0.15) is 0 Å². The van der Waals surface area contributed by atoms with Gasteiger partial charge < -0.3 is 10.4 Å². The van der Waals surface area contributed by atoms with Crippen LogP contribution in [0.3, 0.4) is 0 Å². The largest absolute Gasteiger partial charge is 0.390 e. The molecular formula is C16H28N4O. The van der Waals surface area contributed by atoms with Gasteiger partial charge in [0.2, 0.25) is 0 Å². The van der Waals surface area contributed by atoms with Crippen LogP contribution >= 0.6 is 0 Å². The second-order valence-electron chi connectivity index (χ2n) is 6.91. The molecular weight excluding hydrogens is 264 g/mol. The average Bonchev–Trinajstić information content (AvgIpc) is 3.00. The Hall–Kier alpha value is -0.940. The molecule has 4 rings (SSSR count). The van der Waals surface area contributed by atoms with Crippen molar-refractivity contribution >= 4 is 0 Å². The van der Waals surface area contributed by atoms with Gasteiger partial charge in [-0.15, -0.1) is 5.10 Å². The Balaban J connectivity index is 1.37. The lowest BCUT2D eigenvalue weighted by atomic mass is 9.63. The minimum atomic E-state index is -0.0283. The molecule has 0 spiro atoms. The van der Waals surface area contributed by atoms with Crippen molar-refractivity contribution in [2.24, 2.45) is 17.8 Å². The second-order valence-corrected chi connectivity index (χ2v) is 6.91. The van der Waals surface area contributed by atoms with Gasteiger partial charge in [0.25, 0.3) is 0 Å². The molecule has 5 nitrogen and oxygen atoms in total. The van der Waals surface area contributed by atoms with Crippen molar-refractivity contribution in [3.8, 4) is 0 Å². The highest BCUT2D eigenvalue weighted by Gasteiger charge is 2.37. The number of rotatable bonds is 7. The van der Waals surface area contributed by atoms with Crippen molar-refractivity contribution in [1.82, 2.24) is 20.3 Å². The molecule has 3 aliphatic carbocycles. The Bertz CT molecular complexity index is 439. The SMILES string of the molecule is CC(NCCCn1cc(CO)nn1)C1CC2CCC1CC2. The Morgan fingerprint density at radius 1 is 1.38 bits per heavy atom. The number of nitrogens with zero attached hydrogens (tertiary/aromatic N) is 3. The fraction of sp³-hybridized carbons (Fsp3) is 0.875. The zero-order valence-corrected chi connectivity index (χ0v) is 13.0.